The molecule has 0 aliphatic carbocycles. The van der Waals surface area contributed by atoms with E-state index in [2.05, 4.69) is 36.6 Å². The van der Waals surface area contributed by atoms with E-state index < -0.39 is 35.4 Å². The summed E-state index contributed by atoms with van der Waals surface area (Å²) in [6.45, 7) is -2.19. The Morgan fingerprint density at radius 3 is 2.05 bits per heavy atom. The molecule has 0 fully saturated rings. The minimum Gasteiger partial charge on any atom is -0.394 e. The summed E-state index contributed by atoms with van der Waals surface area (Å²) >= 11 is 6.32. The Bertz CT molecular complexity index is 537. The number of hydrogen-bond donors (Lipinski definition) is 4. The molecule has 9 heteroatoms. The summed E-state index contributed by atoms with van der Waals surface area (Å²) in [4.78, 5) is -0.0598. The zero-order chi connectivity index (χ0) is 14.7. The van der Waals surface area contributed by atoms with E-state index in [-0.39, 0.29) is 4.90 Å². The average molecular weight is 419 g/mol. The molecular formula is C10H13Br2NO5S. The highest BCUT2D eigenvalue weighted by molar-refractivity contribution is 9.11. The third-order valence-corrected chi connectivity index (χ3v) is 5.49. The van der Waals surface area contributed by atoms with Crippen LogP contribution in [0.1, 0.15) is 0 Å². The molecule has 0 aliphatic heterocycles. The number of halogens is 2. The van der Waals surface area contributed by atoms with E-state index in [1.54, 1.807) is 6.07 Å². The summed E-state index contributed by atoms with van der Waals surface area (Å²) in [5, 5.41) is 27.4. The van der Waals surface area contributed by atoms with Crippen LogP contribution in [0.3, 0.4) is 0 Å². The van der Waals surface area contributed by atoms with Gasteiger partial charge in [-0.1, -0.05) is 15.9 Å². The molecule has 1 aromatic rings. The second-order valence-electron chi connectivity index (χ2n) is 3.93. The number of hydrogen-bond acceptors (Lipinski definition) is 5. The molecule has 19 heavy (non-hydrogen) atoms. The summed E-state index contributed by atoms with van der Waals surface area (Å²) in [5.74, 6) is 0. The lowest BCUT2D eigenvalue weighted by Crippen LogP contribution is -2.56. The molecule has 0 saturated heterocycles. The molecule has 0 bridgehead atoms. The van der Waals surface area contributed by atoms with Crippen molar-refractivity contribution in [1.29, 1.82) is 0 Å². The zero-order valence-electron chi connectivity index (χ0n) is 9.68. The molecule has 0 radical (unpaired) electrons. The normalized spacial score (nSPS) is 12.7. The van der Waals surface area contributed by atoms with Gasteiger partial charge in [-0.3, -0.25) is 0 Å². The molecule has 6 nitrogen and oxygen atoms in total. The summed E-state index contributed by atoms with van der Waals surface area (Å²) in [6, 6.07) is 4.44. The number of rotatable bonds is 6. The Kier molecular flexibility index (Phi) is 5.93. The van der Waals surface area contributed by atoms with Gasteiger partial charge >= 0.3 is 0 Å². The molecular weight excluding hydrogens is 406 g/mol. The van der Waals surface area contributed by atoms with Crippen molar-refractivity contribution in [3.8, 4) is 0 Å². The van der Waals surface area contributed by atoms with Gasteiger partial charge < -0.3 is 15.3 Å². The number of aliphatic hydroxyl groups excluding tert-OH is 3. The van der Waals surface area contributed by atoms with Crippen molar-refractivity contribution in [2.24, 2.45) is 0 Å². The lowest BCUT2D eigenvalue weighted by Gasteiger charge is -2.28. The lowest BCUT2D eigenvalue weighted by atomic mass is 10.1. The number of sulfonamides is 1. The van der Waals surface area contributed by atoms with Gasteiger partial charge in [0.15, 0.2) is 0 Å². The molecule has 0 aliphatic rings. The number of aliphatic hydroxyl groups is 3. The Morgan fingerprint density at radius 2 is 1.63 bits per heavy atom. The molecule has 0 atom stereocenters. The van der Waals surface area contributed by atoms with E-state index in [9.17, 15) is 8.42 Å². The Balaban J connectivity index is 3.17. The fraction of sp³-hybridized carbons (Fsp3) is 0.400. The van der Waals surface area contributed by atoms with E-state index in [4.69, 9.17) is 15.3 Å². The maximum atomic E-state index is 12.2. The minimum atomic E-state index is -4.00. The van der Waals surface area contributed by atoms with Crippen molar-refractivity contribution in [1.82, 2.24) is 4.72 Å². The molecule has 0 aromatic heterocycles. The summed E-state index contributed by atoms with van der Waals surface area (Å²) in [7, 11) is -4.00. The Labute approximate surface area is 127 Å². The smallest absolute Gasteiger partial charge is 0.242 e. The largest absolute Gasteiger partial charge is 0.394 e. The molecule has 1 aromatic carbocycles. The third kappa shape index (κ3) is 3.97. The van der Waals surface area contributed by atoms with Gasteiger partial charge in [0.1, 0.15) is 5.54 Å². The molecule has 108 valence electrons. The van der Waals surface area contributed by atoms with Gasteiger partial charge in [0.05, 0.1) is 24.7 Å². The molecule has 0 amide bonds. The van der Waals surface area contributed by atoms with Gasteiger partial charge in [-0.05, 0) is 34.1 Å². The van der Waals surface area contributed by atoms with Crippen LogP contribution >= 0.6 is 31.9 Å². The Hall–Kier alpha value is -0.0300. The van der Waals surface area contributed by atoms with Gasteiger partial charge in [-0.2, -0.15) is 4.72 Å². The molecule has 1 rings (SSSR count). The van der Waals surface area contributed by atoms with E-state index in [0.29, 0.717) is 8.95 Å². The van der Waals surface area contributed by atoms with Crippen LogP contribution in [0.25, 0.3) is 0 Å². The second-order valence-corrected chi connectivity index (χ2v) is 7.36. The van der Waals surface area contributed by atoms with Gasteiger partial charge in [0, 0.05) is 8.95 Å². The van der Waals surface area contributed by atoms with Gasteiger partial charge in [-0.25, -0.2) is 8.42 Å². The van der Waals surface area contributed by atoms with Crippen LogP contribution in [0.15, 0.2) is 32.0 Å². The zero-order valence-corrected chi connectivity index (χ0v) is 13.7. The van der Waals surface area contributed by atoms with Crippen LogP contribution in [0.4, 0.5) is 0 Å². The van der Waals surface area contributed by atoms with Crippen molar-refractivity contribution < 1.29 is 23.7 Å². The van der Waals surface area contributed by atoms with Crippen LogP contribution in [-0.2, 0) is 10.0 Å². The number of benzene rings is 1. The first kappa shape index (κ1) is 17.0. The topological polar surface area (TPSA) is 107 Å². The summed E-state index contributed by atoms with van der Waals surface area (Å²) in [5.41, 5.74) is -1.70. The molecule has 4 N–H and O–H groups in total. The monoisotopic (exact) mass is 417 g/mol. The summed E-state index contributed by atoms with van der Waals surface area (Å²) < 4.78 is 27.5. The highest BCUT2D eigenvalue weighted by Gasteiger charge is 2.34. The van der Waals surface area contributed by atoms with Crippen LogP contribution in [0, 0.1) is 0 Å². The van der Waals surface area contributed by atoms with Gasteiger partial charge in [0.2, 0.25) is 10.0 Å². The van der Waals surface area contributed by atoms with Gasteiger partial charge in [-0.15, -0.1) is 0 Å². The number of nitrogens with one attached hydrogen (secondary N) is 1. The van der Waals surface area contributed by atoms with Crippen LogP contribution in [0.2, 0.25) is 0 Å². The van der Waals surface area contributed by atoms with E-state index >= 15 is 0 Å². The lowest BCUT2D eigenvalue weighted by molar-refractivity contribution is 0.0582. The van der Waals surface area contributed by atoms with E-state index in [1.165, 1.54) is 12.1 Å². The molecule has 0 saturated carbocycles. The van der Waals surface area contributed by atoms with Crippen molar-refractivity contribution >= 4 is 41.9 Å². The predicted octanol–water partition coefficient (Wildman–Crippen LogP) is 0.206. The van der Waals surface area contributed by atoms with Crippen molar-refractivity contribution in [3.05, 3.63) is 27.1 Å². The van der Waals surface area contributed by atoms with Crippen molar-refractivity contribution in [3.63, 3.8) is 0 Å². The van der Waals surface area contributed by atoms with E-state index in [1.807, 2.05) is 0 Å². The van der Waals surface area contributed by atoms with Crippen LogP contribution in [-0.4, -0.2) is 49.1 Å². The third-order valence-electron chi connectivity index (χ3n) is 2.44. The SMILES string of the molecule is O=S(=O)(NC(CO)(CO)CO)c1ccc(Br)cc1Br. The van der Waals surface area contributed by atoms with Gasteiger partial charge in [0.25, 0.3) is 0 Å². The minimum absolute atomic E-state index is 0.0598. The fourth-order valence-corrected chi connectivity index (χ4v) is 4.40. The first-order valence-corrected chi connectivity index (χ1v) is 8.19. The van der Waals surface area contributed by atoms with Crippen LogP contribution < -0.4 is 4.72 Å². The highest BCUT2D eigenvalue weighted by Crippen LogP contribution is 2.26. The van der Waals surface area contributed by atoms with Crippen LogP contribution in [0.5, 0.6) is 0 Å². The predicted molar refractivity (Wildman–Crippen MR) is 76.2 cm³/mol. The van der Waals surface area contributed by atoms with Crippen molar-refractivity contribution in [2.75, 3.05) is 19.8 Å². The Morgan fingerprint density at radius 1 is 1.11 bits per heavy atom. The average Bonchev–Trinajstić information content (AvgIpc) is 2.35. The van der Waals surface area contributed by atoms with Crippen molar-refractivity contribution in [2.45, 2.75) is 10.4 Å². The highest BCUT2D eigenvalue weighted by atomic mass is 79.9. The maximum Gasteiger partial charge on any atom is 0.242 e. The first-order valence-electron chi connectivity index (χ1n) is 5.12. The standard InChI is InChI=1S/C10H13Br2NO5S/c11-7-1-2-9(8(12)3-7)19(17,18)13-10(4-14,5-15)6-16/h1-3,13-16H,4-6H2. The van der Waals surface area contributed by atoms with E-state index in [0.717, 1.165) is 0 Å². The fourth-order valence-electron chi connectivity index (χ4n) is 1.28. The second kappa shape index (κ2) is 6.61. The maximum absolute atomic E-state index is 12.2. The molecule has 0 unspecified atom stereocenters. The molecule has 0 heterocycles. The summed E-state index contributed by atoms with van der Waals surface area (Å²) in [6.07, 6.45) is 0. The first-order chi connectivity index (χ1) is 8.80. The molecule has 0 spiro atoms. The quantitative estimate of drug-likeness (QED) is 0.528.